The summed E-state index contributed by atoms with van der Waals surface area (Å²) < 4.78 is 27.0. The van der Waals surface area contributed by atoms with Gasteiger partial charge < -0.3 is 10.6 Å². The highest BCUT2D eigenvalue weighted by molar-refractivity contribution is 6.14. The Labute approximate surface area is 200 Å². The lowest BCUT2D eigenvalue weighted by atomic mass is 9.91. The third kappa shape index (κ3) is 4.99. The molecule has 35 heavy (non-hydrogen) atoms. The van der Waals surface area contributed by atoms with E-state index in [-0.39, 0.29) is 23.0 Å². The lowest BCUT2D eigenvalue weighted by Gasteiger charge is -2.17. The normalized spacial score (nSPS) is 17.3. The zero-order chi connectivity index (χ0) is 25.0. The standard InChI is InChI=1S/C27H20F2N4O2/c1-17(18-6-10-21(28)11-7-18)32-25(34)19-14-27(16-30,31-15-19)20-8-12-22(13-9-20)33-26(35)23-4-2-3-5-24(23)29/h2-15,17H,1H3,(H,32,34)(H,33,35)/t17-,27?/m0/s1. The van der Waals surface area contributed by atoms with Crippen LogP contribution in [0.2, 0.25) is 0 Å². The van der Waals surface area contributed by atoms with Gasteiger partial charge >= 0.3 is 0 Å². The van der Waals surface area contributed by atoms with E-state index in [0.717, 1.165) is 5.56 Å². The number of rotatable bonds is 6. The van der Waals surface area contributed by atoms with Gasteiger partial charge in [0, 0.05) is 11.9 Å². The van der Waals surface area contributed by atoms with Crippen molar-refractivity contribution >= 4 is 23.7 Å². The smallest absolute Gasteiger partial charge is 0.258 e. The molecule has 0 saturated carbocycles. The lowest BCUT2D eigenvalue weighted by molar-refractivity contribution is -0.117. The molecule has 6 nitrogen and oxygen atoms in total. The summed E-state index contributed by atoms with van der Waals surface area (Å²) in [5.74, 6) is -2.01. The third-order valence-electron chi connectivity index (χ3n) is 5.62. The molecule has 2 N–H and O–H groups in total. The fourth-order valence-electron chi connectivity index (χ4n) is 3.64. The van der Waals surface area contributed by atoms with Crippen molar-refractivity contribution < 1.29 is 18.4 Å². The number of carbonyl (C=O) groups is 2. The van der Waals surface area contributed by atoms with E-state index >= 15 is 0 Å². The van der Waals surface area contributed by atoms with Crippen molar-refractivity contribution in [2.24, 2.45) is 4.99 Å². The Bertz CT molecular complexity index is 1380. The minimum absolute atomic E-state index is 0.0843. The van der Waals surface area contributed by atoms with Gasteiger partial charge in [0.15, 0.2) is 5.54 Å². The predicted molar refractivity (Wildman–Crippen MR) is 128 cm³/mol. The molecule has 0 aromatic heterocycles. The second-order valence-electron chi connectivity index (χ2n) is 7.99. The number of amides is 2. The summed E-state index contributed by atoms with van der Waals surface area (Å²) in [5, 5.41) is 15.3. The molecular formula is C27H20F2N4O2. The highest BCUT2D eigenvalue weighted by Gasteiger charge is 2.34. The maximum absolute atomic E-state index is 13.8. The number of nitrogens with zero attached hydrogens (tertiary/aromatic N) is 2. The van der Waals surface area contributed by atoms with Crippen LogP contribution in [0.3, 0.4) is 0 Å². The zero-order valence-corrected chi connectivity index (χ0v) is 18.6. The van der Waals surface area contributed by atoms with E-state index in [9.17, 15) is 23.6 Å². The summed E-state index contributed by atoms with van der Waals surface area (Å²) in [6.45, 7) is 1.77. The van der Waals surface area contributed by atoms with Crippen molar-refractivity contribution in [1.29, 1.82) is 5.26 Å². The van der Waals surface area contributed by atoms with E-state index in [0.29, 0.717) is 11.3 Å². The Hall–Kier alpha value is -4.64. The van der Waals surface area contributed by atoms with E-state index in [1.165, 1.54) is 42.6 Å². The SMILES string of the molecule is C[C@H](NC(=O)C1=CC(C#N)(c2ccc(NC(=O)c3ccccc3F)cc2)N=C1)c1ccc(F)cc1. The molecular weight excluding hydrogens is 450 g/mol. The fourth-order valence-corrected chi connectivity index (χ4v) is 3.64. The molecule has 4 rings (SSSR count). The molecule has 0 radical (unpaired) electrons. The van der Waals surface area contributed by atoms with E-state index in [2.05, 4.69) is 21.7 Å². The molecule has 1 aliphatic heterocycles. The van der Waals surface area contributed by atoms with Gasteiger partial charge in [-0.3, -0.25) is 14.6 Å². The van der Waals surface area contributed by atoms with Crippen LogP contribution in [0.25, 0.3) is 0 Å². The van der Waals surface area contributed by atoms with Crippen molar-refractivity contribution in [1.82, 2.24) is 5.32 Å². The molecule has 3 aromatic carbocycles. The molecule has 0 fully saturated rings. The van der Waals surface area contributed by atoms with Gasteiger partial charge in [0.1, 0.15) is 17.7 Å². The van der Waals surface area contributed by atoms with Gasteiger partial charge in [-0.1, -0.05) is 36.4 Å². The number of hydrogen-bond donors (Lipinski definition) is 2. The Morgan fingerprint density at radius 1 is 0.971 bits per heavy atom. The minimum Gasteiger partial charge on any atom is -0.345 e. The van der Waals surface area contributed by atoms with Crippen LogP contribution in [0.5, 0.6) is 0 Å². The van der Waals surface area contributed by atoms with Crippen LogP contribution in [-0.2, 0) is 10.3 Å². The summed E-state index contributed by atoms with van der Waals surface area (Å²) >= 11 is 0. The van der Waals surface area contributed by atoms with Gasteiger partial charge in [0.2, 0.25) is 0 Å². The number of benzene rings is 3. The van der Waals surface area contributed by atoms with Gasteiger partial charge in [-0.15, -0.1) is 0 Å². The molecule has 0 bridgehead atoms. The number of nitriles is 1. The van der Waals surface area contributed by atoms with Crippen molar-refractivity contribution in [3.63, 3.8) is 0 Å². The first-order valence-corrected chi connectivity index (χ1v) is 10.7. The molecule has 3 aromatic rings. The van der Waals surface area contributed by atoms with Gasteiger partial charge in [0.05, 0.1) is 17.2 Å². The molecule has 2 amide bonds. The Kier molecular flexibility index (Phi) is 6.51. The number of halogens is 2. The maximum atomic E-state index is 13.8. The fraction of sp³-hybridized carbons (Fsp3) is 0.111. The average Bonchev–Trinajstić information content (AvgIpc) is 3.31. The molecule has 174 valence electrons. The largest absolute Gasteiger partial charge is 0.345 e. The van der Waals surface area contributed by atoms with Gasteiger partial charge in [-0.25, -0.2) is 8.78 Å². The van der Waals surface area contributed by atoms with E-state index in [1.54, 1.807) is 49.4 Å². The highest BCUT2D eigenvalue weighted by Crippen LogP contribution is 2.33. The molecule has 8 heteroatoms. The third-order valence-corrected chi connectivity index (χ3v) is 5.62. The summed E-state index contributed by atoms with van der Waals surface area (Å²) in [5.41, 5.74) is 0.368. The summed E-state index contributed by atoms with van der Waals surface area (Å²) in [4.78, 5) is 29.3. The maximum Gasteiger partial charge on any atom is 0.258 e. The predicted octanol–water partition coefficient (Wildman–Crippen LogP) is 4.82. The average molecular weight is 470 g/mol. The second-order valence-corrected chi connectivity index (χ2v) is 7.99. The Morgan fingerprint density at radius 3 is 2.31 bits per heavy atom. The van der Waals surface area contributed by atoms with Crippen LogP contribution in [0.15, 0.2) is 89.4 Å². The number of aliphatic imine (C=N–C) groups is 1. The summed E-state index contributed by atoms with van der Waals surface area (Å²) in [7, 11) is 0. The van der Waals surface area contributed by atoms with Gasteiger partial charge in [-0.05, 0) is 60.5 Å². The van der Waals surface area contributed by atoms with Crippen LogP contribution in [-0.4, -0.2) is 18.0 Å². The molecule has 1 unspecified atom stereocenters. The van der Waals surface area contributed by atoms with Crippen LogP contribution in [0.4, 0.5) is 14.5 Å². The van der Waals surface area contributed by atoms with Gasteiger partial charge in [0.25, 0.3) is 11.8 Å². The molecule has 1 heterocycles. The van der Waals surface area contributed by atoms with Crippen molar-refractivity contribution in [3.8, 4) is 6.07 Å². The molecule has 0 saturated heterocycles. The number of nitrogens with one attached hydrogen (secondary N) is 2. The minimum atomic E-state index is -1.40. The second kappa shape index (κ2) is 9.69. The van der Waals surface area contributed by atoms with Crippen molar-refractivity contribution in [3.05, 3.63) is 113 Å². The first-order chi connectivity index (χ1) is 16.8. The quantitative estimate of drug-likeness (QED) is 0.541. The van der Waals surface area contributed by atoms with Crippen molar-refractivity contribution in [2.45, 2.75) is 18.5 Å². The van der Waals surface area contributed by atoms with E-state index < -0.39 is 23.2 Å². The lowest BCUT2D eigenvalue weighted by Crippen LogP contribution is -2.28. The number of anilines is 1. The van der Waals surface area contributed by atoms with Crippen LogP contribution >= 0.6 is 0 Å². The molecule has 0 spiro atoms. The summed E-state index contributed by atoms with van der Waals surface area (Å²) in [6, 6.07) is 19.6. The Morgan fingerprint density at radius 2 is 1.66 bits per heavy atom. The van der Waals surface area contributed by atoms with Crippen LogP contribution in [0.1, 0.15) is 34.5 Å². The highest BCUT2D eigenvalue weighted by atomic mass is 19.1. The number of carbonyl (C=O) groups excluding carboxylic acids is 2. The first-order valence-electron chi connectivity index (χ1n) is 10.7. The molecule has 0 aliphatic carbocycles. The van der Waals surface area contributed by atoms with Crippen LogP contribution < -0.4 is 10.6 Å². The topological polar surface area (TPSA) is 94.4 Å². The summed E-state index contributed by atoms with van der Waals surface area (Å²) in [6.07, 6.45) is 2.80. The van der Waals surface area contributed by atoms with Crippen molar-refractivity contribution in [2.75, 3.05) is 5.32 Å². The molecule has 2 atom stereocenters. The van der Waals surface area contributed by atoms with E-state index in [1.807, 2.05) is 0 Å². The van der Waals surface area contributed by atoms with Gasteiger partial charge in [-0.2, -0.15) is 5.26 Å². The zero-order valence-electron chi connectivity index (χ0n) is 18.6. The van der Waals surface area contributed by atoms with E-state index in [4.69, 9.17) is 0 Å². The first kappa shape index (κ1) is 23.5. The van der Waals surface area contributed by atoms with Crippen LogP contribution in [0, 0.1) is 23.0 Å². The molecule has 1 aliphatic rings. The number of hydrogen-bond acceptors (Lipinski definition) is 4. The monoisotopic (exact) mass is 470 g/mol. The Balaban J connectivity index is 1.47.